The summed E-state index contributed by atoms with van der Waals surface area (Å²) in [6.07, 6.45) is 1.49. The number of methoxy groups -OCH3 is 1. The molecule has 6 nitrogen and oxygen atoms in total. The summed E-state index contributed by atoms with van der Waals surface area (Å²) < 4.78 is 11.6. The average molecular weight is 468 g/mol. The number of rotatable bonds is 6. The number of carbonyl (C=O) groups is 1. The molecule has 138 valence electrons. The van der Waals surface area contributed by atoms with Crippen LogP contribution in [0.5, 0.6) is 5.75 Å². The van der Waals surface area contributed by atoms with E-state index >= 15 is 0 Å². The molecule has 1 N–H and O–H groups in total. The van der Waals surface area contributed by atoms with Gasteiger partial charge in [-0.25, -0.2) is 4.79 Å². The molecule has 0 aliphatic rings. The van der Waals surface area contributed by atoms with E-state index in [0.29, 0.717) is 21.9 Å². The molecule has 0 amide bonds. The van der Waals surface area contributed by atoms with Gasteiger partial charge in [-0.2, -0.15) is 0 Å². The summed E-state index contributed by atoms with van der Waals surface area (Å²) in [6, 6.07) is 12.2. The molecule has 27 heavy (non-hydrogen) atoms. The van der Waals surface area contributed by atoms with Gasteiger partial charge in [-0.1, -0.05) is 27.5 Å². The van der Waals surface area contributed by atoms with Crippen molar-refractivity contribution in [1.82, 2.24) is 10.2 Å². The van der Waals surface area contributed by atoms with Gasteiger partial charge in [-0.3, -0.25) is 0 Å². The number of benzene rings is 2. The lowest BCUT2D eigenvalue weighted by atomic mass is 10.2. The number of hydrogen-bond acceptors (Lipinski definition) is 6. The molecule has 2 aromatic carbocycles. The topological polar surface area (TPSA) is 85.5 Å². The number of aromatic nitrogens is 2. The number of aliphatic carboxylic acids is 1. The van der Waals surface area contributed by atoms with Crippen LogP contribution in [-0.2, 0) is 4.79 Å². The maximum Gasteiger partial charge on any atom is 0.342 e. The van der Waals surface area contributed by atoms with Gasteiger partial charge in [0.15, 0.2) is 0 Å². The highest BCUT2D eigenvalue weighted by Crippen LogP contribution is 2.33. The van der Waals surface area contributed by atoms with E-state index < -0.39 is 5.97 Å². The predicted octanol–water partition coefficient (Wildman–Crippen LogP) is 5.38. The first-order chi connectivity index (χ1) is 13.0. The second-order valence-electron chi connectivity index (χ2n) is 5.18. The number of thioether (sulfide) groups is 1. The van der Waals surface area contributed by atoms with Crippen molar-refractivity contribution in [2.45, 2.75) is 5.22 Å². The molecule has 3 aromatic rings. The molecule has 0 radical (unpaired) electrons. The molecule has 0 saturated heterocycles. The Labute approximate surface area is 172 Å². The number of nitrogens with zero attached hydrogens (tertiary/aromatic N) is 2. The standard InChI is InChI=1S/C18H12BrClN2O4S/c1-25-14-7-4-12(19)8-11(14)9-15(17(23)24)27-18-22-21-16(26-18)10-2-5-13(20)6-3-10/h2-9H,1H3,(H,23,24)/b15-9-. The van der Waals surface area contributed by atoms with Gasteiger partial charge in [0.25, 0.3) is 5.22 Å². The number of carboxylic acid groups (broad SMARTS) is 1. The van der Waals surface area contributed by atoms with E-state index in [1.807, 2.05) is 0 Å². The van der Waals surface area contributed by atoms with Crippen LogP contribution in [0.3, 0.4) is 0 Å². The second-order valence-corrected chi connectivity index (χ2v) is 7.53. The molecule has 0 aliphatic heterocycles. The van der Waals surface area contributed by atoms with Crippen LogP contribution in [0.25, 0.3) is 17.5 Å². The third kappa shape index (κ3) is 4.91. The Kier molecular flexibility index (Phi) is 6.20. The molecule has 0 atom stereocenters. The van der Waals surface area contributed by atoms with Crippen molar-refractivity contribution >= 4 is 51.3 Å². The van der Waals surface area contributed by atoms with Gasteiger partial charge in [0.2, 0.25) is 5.89 Å². The minimum Gasteiger partial charge on any atom is -0.496 e. The quantitative estimate of drug-likeness (QED) is 0.385. The van der Waals surface area contributed by atoms with Crippen molar-refractivity contribution in [1.29, 1.82) is 0 Å². The van der Waals surface area contributed by atoms with Crippen molar-refractivity contribution in [2.75, 3.05) is 7.11 Å². The normalized spacial score (nSPS) is 11.4. The van der Waals surface area contributed by atoms with Crippen LogP contribution in [0.15, 0.2) is 61.5 Å². The third-order valence-corrected chi connectivity index (χ3v) is 4.98. The van der Waals surface area contributed by atoms with Gasteiger partial charge in [0.1, 0.15) is 10.7 Å². The highest BCUT2D eigenvalue weighted by Gasteiger charge is 2.17. The fraction of sp³-hybridized carbons (Fsp3) is 0.0556. The van der Waals surface area contributed by atoms with Crippen molar-refractivity contribution < 1.29 is 19.1 Å². The monoisotopic (exact) mass is 466 g/mol. The molecule has 0 fully saturated rings. The summed E-state index contributed by atoms with van der Waals surface area (Å²) in [7, 11) is 1.52. The predicted molar refractivity (Wildman–Crippen MR) is 107 cm³/mol. The highest BCUT2D eigenvalue weighted by atomic mass is 79.9. The summed E-state index contributed by atoms with van der Waals surface area (Å²) in [4.78, 5) is 11.7. The van der Waals surface area contributed by atoms with E-state index in [1.54, 1.807) is 42.5 Å². The van der Waals surface area contributed by atoms with Gasteiger partial charge >= 0.3 is 5.97 Å². The van der Waals surface area contributed by atoms with Gasteiger partial charge < -0.3 is 14.3 Å². The largest absolute Gasteiger partial charge is 0.496 e. The Balaban J connectivity index is 1.89. The summed E-state index contributed by atoms with van der Waals surface area (Å²) in [6.45, 7) is 0. The Bertz CT molecular complexity index is 1000. The molecule has 0 unspecified atom stereocenters. The average Bonchev–Trinajstić information content (AvgIpc) is 3.10. The van der Waals surface area contributed by atoms with Crippen molar-refractivity contribution in [3.8, 4) is 17.2 Å². The number of carboxylic acids is 1. The van der Waals surface area contributed by atoms with Crippen molar-refractivity contribution in [2.24, 2.45) is 0 Å². The number of ether oxygens (including phenoxy) is 1. The minimum atomic E-state index is -1.12. The van der Waals surface area contributed by atoms with Crippen LogP contribution in [-0.4, -0.2) is 28.4 Å². The molecule has 0 saturated carbocycles. The molecule has 9 heteroatoms. The molecule has 1 heterocycles. The van der Waals surface area contributed by atoms with Crippen LogP contribution in [0.1, 0.15) is 5.56 Å². The summed E-state index contributed by atoms with van der Waals surface area (Å²) >= 11 is 10.1. The zero-order valence-corrected chi connectivity index (χ0v) is 17.0. The van der Waals surface area contributed by atoms with Crippen LogP contribution in [0.2, 0.25) is 5.02 Å². The molecular formula is C18H12BrClN2O4S. The van der Waals surface area contributed by atoms with Crippen molar-refractivity contribution in [3.05, 3.63) is 62.4 Å². The first-order valence-corrected chi connectivity index (χ1v) is 9.51. The first kappa shape index (κ1) is 19.5. The summed E-state index contributed by atoms with van der Waals surface area (Å²) in [5.74, 6) is -0.294. The van der Waals surface area contributed by atoms with Crippen LogP contribution in [0.4, 0.5) is 0 Å². The molecule has 3 rings (SSSR count). The fourth-order valence-corrected chi connectivity index (χ4v) is 3.32. The lowest BCUT2D eigenvalue weighted by Gasteiger charge is -2.06. The van der Waals surface area contributed by atoms with Crippen LogP contribution in [0, 0.1) is 0 Å². The first-order valence-electron chi connectivity index (χ1n) is 7.52. The number of hydrogen-bond donors (Lipinski definition) is 1. The van der Waals surface area contributed by atoms with E-state index in [-0.39, 0.29) is 16.0 Å². The maximum absolute atomic E-state index is 11.7. The van der Waals surface area contributed by atoms with Crippen LogP contribution < -0.4 is 4.74 Å². The SMILES string of the molecule is COc1ccc(Br)cc1/C=C(\Sc1nnc(-c2ccc(Cl)cc2)o1)C(=O)O. The van der Waals surface area contributed by atoms with Crippen molar-refractivity contribution in [3.63, 3.8) is 0 Å². The van der Waals surface area contributed by atoms with Gasteiger partial charge in [0.05, 0.1) is 7.11 Å². The molecule has 0 aliphatic carbocycles. The molecule has 0 bridgehead atoms. The lowest BCUT2D eigenvalue weighted by Crippen LogP contribution is -1.97. The van der Waals surface area contributed by atoms with Crippen LogP contribution >= 0.6 is 39.3 Å². The number of halogens is 2. The van der Waals surface area contributed by atoms with Gasteiger partial charge in [0, 0.05) is 20.6 Å². The molecule has 0 spiro atoms. The van der Waals surface area contributed by atoms with E-state index in [2.05, 4.69) is 26.1 Å². The molecule has 1 aromatic heterocycles. The van der Waals surface area contributed by atoms with E-state index in [0.717, 1.165) is 16.2 Å². The molecular weight excluding hydrogens is 456 g/mol. The summed E-state index contributed by atoms with van der Waals surface area (Å²) in [5, 5.41) is 18.1. The fourth-order valence-electron chi connectivity index (χ4n) is 2.15. The Morgan fingerprint density at radius 2 is 2.00 bits per heavy atom. The Hall–Kier alpha value is -2.29. The maximum atomic E-state index is 11.7. The smallest absolute Gasteiger partial charge is 0.342 e. The van der Waals surface area contributed by atoms with E-state index in [1.165, 1.54) is 13.2 Å². The zero-order valence-electron chi connectivity index (χ0n) is 13.8. The zero-order chi connectivity index (χ0) is 19.4. The summed E-state index contributed by atoms with van der Waals surface area (Å²) in [5.41, 5.74) is 1.29. The Morgan fingerprint density at radius 3 is 2.67 bits per heavy atom. The highest BCUT2D eigenvalue weighted by molar-refractivity contribution is 9.10. The third-order valence-electron chi connectivity index (χ3n) is 3.38. The minimum absolute atomic E-state index is 0.0118. The lowest BCUT2D eigenvalue weighted by molar-refractivity contribution is -0.131. The van der Waals surface area contributed by atoms with Gasteiger partial charge in [-0.05, 0) is 60.3 Å². The Morgan fingerprint density at radius 1 is 1.26 bits per heavy atom. The van der Waals surface area contributed by atoms with E-state index in [9.17, 15) is 9.90 Å². The van der Waals surface area contributed by atoms with E-state index in [4.69, 9.17) is 20.8 Å². The van der Waals surface area contributed by atoms with Gasteiger partial charge in [-0.15, -0.1) is 10.2 Å². The second kappa shape index (κ2) is 8.60.